The van der Waals surface area contributed by atoms with E-state index in [1.807, 2.05) is 24.3 Å². The van der Waals surface area contributed by atoms with E-state index in [9.17, 15) is 9.59 Å². The van der Waals surface area contributed by atoms with Crippen molar-refractivity contribution in [3.63, 3.8) is 0 Å². The highest BCUT2D eigenvalue weighted by Crippen LogP contribution is 2.31. The van der Waals surface area contributed by atoms with E-state index < -0.39 is 5.92 Å². The molecule has 1 unspecified atom stereocenters. The van der Waals surface area contributed by atoms with Crippen LogP contribution >= 0.6 is 15.9 Å². The third-order valence-corrected chi connectivity index (χ3v) is 6.93. The van der Waals surface area contributed by atoms with E-state index in [0.29, 0.717) is 19.5 Å². The number of carbonyl (C=O) groups excluding carboxylic acids is 2. The predicted molar refractivity (Wildman–Crippen MR) is 127 cm³/mol. The number of amides is 2. The monoisotopic (exact) mass is 483 g/mol. The summed E-state index contributed by atoms with van der Waals surface area (Å²) in [5.74, 6) is -0.931. The number of para-hydroxylation sites is 1. The van der Waals surface area contributed by atoms with Crippen LogP contribution < -0.4 is 10.2 Å². The molecule has 164 valence electrons. The zero-order chi connectivity index (χ0) is 21.6. The van der Waals surface area contributed by atoms with E-state index >= 15 is 0 Å². The molecule has 6 heteroatoms. The molecule has 31 heavy (non-hydrogen) atoms. The quantitative estimate of drug-likeness (QED) is 0.615. The van der Waals surface area contributed by atoms with Crippen LogP contribution in [-0.4, -0.2) is 36.3 Å². The normalized spacial score (nSPS) is 20.0. The van der Waals surface area contributed by atoms with Crippen LogP contribution in [0, 0.1) is 5.92 Å². The van der Waals surface area contributed by atoms with Gasteiger partial charge in [-0.3, -0.25) is 14.5 Å². The van der Waals surface area contributed by atoms with Gasteiger partial charge in [-0.05, 0) is 71.5 Å². The molecule has 2 saturated heterocycles. The smallest absolute Gasteiger partial charge is 0.239 e. The van der Waals surface area contributed by atoms with Gasteiger partial charge in [-0.1, -0.05) is 49.2 Å². The highest BCUT2D eigenvalue weighted by Gasteiger charge is 2.38. The topological polar surface area (TPSA) is 52.7 Å². The fraction of sp³-hybridized carbons (Fsp3) is 0.440. The molecule has 2 aliphatic rings. The minimum Gasteiger partial charge on any atom is -0.351 e. The summed E-state index contributed by atoms with van der Waals surface area (Å²) in [5, 5.41) is 2.96. The Bertz CT molecular complexity index is 907. The van der Waals surface area contributed by atoms with E-state index in [-0.39, 0.29) is 11.8 Å². The fourth-order valence-electron chi connectivity index (χ4n) is 4.46. The molecular weight excluding hydrogens is 454 g/mol. The highest BCUT2D eigenvalue weighted by atomic mass is 79.9. The van der Waals surface area contributed by atoms with Gasteiger partial charge in [0.2, 0.25) is 11.8 Å². The molecule has 0 spiro atoms. The third-order valence-electron chi connectivity index (χ3n) is 6.26. The fourth-order valence-corrected chi connectivity index (χ4v) is 4.96. The van der Waals surface area contributed by atoms with Crippen LogP contribution in [0.25, 0.3) is 0 Å². The Kier molecular flexibility index (Phi) is 7.41. The van der Waals surface area contributed by atoms with Crippen molar-refractivity contribution >= 4 is 33.4 Å². The van der Waals surface area contributed by atoms with Gasteiger partial charge in [0.15, 0.2) is 0 Å². The second-order valence-corrected chi connectivity index (χ2v) is 9.36. The highest BCUT2D eigenvalue weighted by molar-refractivity contribution is 9.10. The molecule has 4 rings (SSSR count). The van der Waals surface area contributed by atoms with Crippen molar-refractivity contribution < 1.29 is 9.59 Å². The van der Waals surface area contributed by atoms with Crippen molar-refractivity contribution in [1.29, 1.82) is 0 Å². The second-order valence-electron chi connectivity index (χ2n) is 8.51. The standard InChI is InChI=1S/C25H30BrN3O2/c26-22-7-3-4-8-23(22)29-16-13-21(25(29)31)24(30)27-17-19-9-11-20(12-10-19)18-28-14-5-1-2-6-15-28/h3-4,7-12,21H,1-2,5-6,13-18H2,(H,27,30). The van der Waals surface area contributed by atoms with E-state index in [2.05, 4.69) is 50.4 Å². The molecule has 2 fully saturated rings. The maximum absolute atomic E-state index is 12.8. The Hall–Kier alpha value is -2.18. The van der Waals surface area contributed by atoms with Crippen molar-refractivity contribution in [3.05, 3.63) is 64.1 Å². The van der Waals surface area contributed by atoms with Gasteiger partial charge >= 0.3 is 0 Å². The van der Waals surface area contributed by atoms with Crippen LogP contribution in [0.15, 0.2) is 53.0 Å². The first-order valence-corrected chi connectivity index (χ1v) is 12.0. The SMILES string of the molecule is O=C(NCc1ccc(CN2CCCCCC2)cc1)C1CCN(c2ccccc2Br)C1=O. The number of carbonyl (C=O) groups is 2. The average molecular weight is 484 g/mol. The lowest BCUT2D eigenvalue weighted by Crippen LogP contribution is -2.36. The molecular formula is C25H30BrN3O2. The van der Waals surface area contributed by atoms with Crippen molar-refractivity contribution in [2.75, 3.05) is 24.5 Å². The summed E-state index contributed by atoms with van der Waals surface area (Å²) >= 11 is 3.50. The number of hydrogen-bond donors (Lipinski definition) is 1. The van der Waals surface area contributed by atoms with Crippen LogP contribution in [0.4, 0.5) is 5.69 Å². The largest absolute Gasteiger partial charge is 0.351 e. The van der Waals surface area contributed by atoms with E-state index in [0.717, 1.165) is 22.3 Å². The molecule has 2 aliphatic heterocycles. The maximum Gasteiger partial charge on any atom is 0.239 e. The summed E-state index contributed by atoms with van der Waals surface area (Å²) in [4.78, 5) is 29.7. The van der Waals surface area contributed by atoms with Gasteiger partial charge in [0.1, 0.15) is 5.92 Å². The van der Waals surface area contributed by atoms with Gasteiger partial charge in [0, 0.05) is 24.1 Å². The lowest BCUT2D eigenvalue weighted by atomic mass is 10.1. The van der Waals surface area contributed by atoms with Crippen LogP contribution in [-0.2, 0) is 22.7 Å². The van der Waals surface area contributed by atoms with Crippen molar-refractivity contribution in [3.8, 4) is 0 Å². The molecule has 2 amide bonds. The number of likely N-dealkylation sites (tertiary alicyclic amines) is 1. The number of nitrogens with zero attached hydrogens (tertiary/aromatic N) is 2. The predicted octanol–water partition coefficient (Wildman–Crippen LogP) is 4.49. The van der Waals surface area contributed by atoms with Crippen molar-refractivity contribution in [2.45, 2.75) is 45.2 Å². The molecule has 2 aromatic carbocycles. The zero-order valence-corrected chi connectivity index (χ0v) is 19.4. The van der Waals surface area contributed by atoms with Gasteiger partial charge in [0.25, 0.3) is 0 Å². The number of benzene rings is 2. The Morgan fingerprint density at radius 1 is 0.935 bits per heavy atom. The van der Waals surface area contributed by atoms with Crippen molar-refractivity contribution in [1.82, 2.24) is 10.2 Å². The number of nitrogens with one attached hydrogen (secondary N) is 1. The Morgan fingerprint density at radius 3 is 2.32 bits per heavy atom. The molecule has 1 atom stereocenters. The maximum atomic E-state index is 12.8. The molecule has 0 aromatic heterocycles. The summed E-state index contributed by atoms with van der Waals surface area (Å²) in [7, 11) is 0. The molecule has 2 aromatic rings. The van der Waals surface area contributed by atoms with Gasteiger partial charge in [0.05, 0.1) is 5.69 Å². The average Bonchev–Trinajstić information content (AvgIpc) is 2.98. The lowest BCUT2D eigenvalue weighted by Gasteiger charge is -2.20. The van der Waals surface area contributed by atoms with Crippen LogP contribution in [0.2, 0.25) is 0 Å². The summed E-state index contributed by atoms with van der Waals surface area (Å²) in [6, 6.07) is 16.1. The first kappa shape index (κ1) is 22.0. The molecule has 1 N–H and O–H groups in total. The summed E-state index contributed by atoms with van der Waals surface area (Å²) in [6.07, 6.45) is 5.82. The molecule has 0 aliphatic carbocycles. The van der Waals surface area contributed by atoms with Crippen LogP contribution in [0.3, 0.4) is 0 Å². The summed E-state index contributed by atoms with van der Waals surface area (Å²) in [6.45, 7) is 4.37. The second kappa shape index (κ2) is 10.4. The summed E-state index contributed by atoms with van der Waals surface area (Å²) < 4.78 is 0.865. The number of rotatable bonds is 6. The molecule has 0 saturated carbocycles. The number of halogens is 1. The van der Waals surface area contributed by atoms with Gasteiger partial charge in [-0.2, -0.15) is 0 Å². The zero-order valence-electron chi connectivity index (χ0n) is 17.9. The Labute approximate surface area is 192 Å². The lowest BCUT2D eigenvalue weighted by molar-refractivity contribution is -0.132. The van der Waals surface area contributed by atoms with E-state index in [1.165, 1.54) is 44.3 Å². The number of anilines is 1. The minimum absolute atomic E-state index is 0.128. The van der Waals surface area contributed by atoms with E-state index in [4.69, 9.17) is 0 Å². The third kappa shape index (κ3) is 5.55. The van der Waals surface area contributed by atoms with Gasteiger partial charge in [-0.25, -0.2) is 0 Å². The van der Waals surface area contributed by atoms with Crippen LogP contribution in [0.5, 0.6) is 0 Å². The van der Waals surface area contributed by atoms with Crippen LogP contribution in [0.1, 0.15) is 43.2 Å². The molecule has 0 bridgehead atoms. The van der Waals surface area contributed by atoms with Crippen molar-refractivity contribution in [2.24, 2.45) is 5.92 Å². The molecule has 2 heterocycles. The molecule has 0 radical (unpaired) electrons. The van der Waals surface area contributed by atoms with Gasteiger partial charge < -0.3 is 10.2 Å². The van der Waals surface area contributed by atoms with E-state index in [1.54, 1.807) is 4.90 Å². The molecule has 5 nitrogen and oxygen atoms in total. The number of hydrogen-bond acceptors (Lipinski definition) is 3. The van der Waals surface area contributed by atoms with Gasteiger partial charge in [-0.15, -0.1) is 0 Å². The summed E-state index contributed by atoms with van der Waals surface area (Å²) in [5.41, 5.74) is 3.19. The Morgan fingerprint density at radius 2 is 1.61 bits per heavy atom. The minimum atomic E-state index is -0.616. The first-order valence-electron chi connectivity index (χ1n) is 11.3. The Balaban J connectivity index is 1.28. The first-order chi connectivity index (χ1) is 15.1.